The van der Waals surface area contributed by atoms with Crippen LogP contribution in [0.15, 0.2) is 161 Å². The van der Waals surface area contributed by atoms with Crippen molar-refractivity contribution in [3.8, 4) is 5.75 Å². The summed E-state index contributed by atoms with van der Waals surface area (Å²) in [4.78, 5) is 77.6. The Morgan fingerprint density at radius 3 is 1.81 bits per heavy atom. The highest BCUT2D eigenvalue weighted by Crippen LogP contribution is 2.41. The number of hydrogen-bond acceptors (Lipinski definition) is 10. The molecule has 1 aliphatic rings. The van der Waals surface area contributed by atoms with Gasteiger partial charge >= 0.3 is 35.5 Å². The number of thioether (sulfide) groups is 1. The summed E-state index contributed by atoms with van der Waals surface area (Å²) < 4.78 is 41.9. The van der Waals surface area contributed by atoms with E-state index in [1.54, 1.807) is 30.3 Å². The standard InChI is InChI=1S/C16H16O2.C12H13NO3S.C11H8O5.C7H3F3O2.C7H6O2/c1-12-7-9-14(10-8-12)15(16(17)18)11-13-5-3-2-4-6-13;1-8(14)13-10(12(15)16)7-17-11(13)9-5-3-2-4-6-9;12-7-1-2-8-6(3-10(13)14)4-11(15)16-9(8)5-7;8-4-2-1-3(7(11)12)5(9)6(4)10;8-7(9)6-4-2-1-3-5-6/h2-10,15H,11H2,1H3,(H,17,18);2-6,10-11H,7H2,1H3,(H,15,16);1-2,4-5,12H,3H2,(H,13,14);1-2H,(H,11,12);1-5H,(H,8,9). The molecule has 1 fully saturated rings. The lowest BCUT2D eigenvalue weighted by Gasteiger charge is -2.26. The van der Waals surface area contributed by atoms with Crippen LogP contribution in [-0.4, -0.2) is 83.1 Å². The third-order valence-corrected chi connectivity index (χ3v) is 11.6. The van der Waals surface area contributed by atoms with E-state index >= 15 is 0 Å². The molecule has 0 spiro atoms. The molecule has 1 amide bonds. The van der Waals surface area contributed by atoms with Crippen LogP contribution in [0.1, 0.15) is 66.7 Å². The smallest absolute Gasteiger partial charge is 0.338 e. The number of carbonyl (C=O) groups excluding carboxylic acids is 1. The summed E-state index contributed by atoms with van der Waals surface area (Å²) in [5.41, 5.74) is 3.39. The molecule has 6 aromatic carbocycles. The van der Waals surface area contributed by atoms with Gasteiger partial charge in [0.1, 0.15) is 22.7 Å². The number of rotatable bonds is 10. The molecule has 3 unspecified atom stereocenters. The van der Waals surface area contributed by atoms with Crippen LogP contribution < -0.4 is 5.63 Å². The first-order chi connectivity index (χ1) is 34.2. The van der Waals surface area contributed by atoms with Crippen molar-refractivity contribution in [1.82, 2.24) is 4.90 Å². The number of fused-ring (bicyclic) bond motifs is 1. The van der Waals surface area contributed by atoms with E-state index < -0.39 is 70.4 Å². The molecule has 0 aliphatic carbocycles. The summed E-state index contributed by atoms with van der Waals surface area (Å²) in [6.45, 7) is 3.41. The molecule has 1 aliphatic heterocycles. The average Bonchev–Trinajstić information content (AvgIpc) is 3.81. The van der Waals surface area contributed by atoms with E-state index in [0.29, 0.717) is 40.8 Å². The summed E-state index contributed by atoms with van der Waals surface area (Å²) in [6.07, 6.45) is 0.270. The van der Waals surface area contributed by atoms with Crippen LogP contribution in [0.5, 0.6) is 5.75 Å². The summed E-state index contributed by atoms with van der Waals surface area (Å²) >= 11 is 1.49. The minimum Gasteiger partial charge on any atom is -0.508 e. The fraction of sp³-hybridized carbons (Fsp3) is 0.151. The number of aliphatic carboxylic acids is 3. The Morgan fingerprint density at radius 1 is 0.708 bits per heavy atom. The molecule has 374 valence electrons. The van der Waals surface area contributed by atoms with Crippen molar-refractivity contribution in [3.05, 3.63) is 218 Å². The third-order valence-electron chi connectivity index (χ3n) is 10.2. The van der Waals surface area contributed by atoms with Gasteiger partial charge in [-0.15, -0.1) is 11.8 Å². The first kappa shape index (κ1) is 55.9. The summed E-state index contributed by atoms with van der Waals surface area (Å²) in [6, 6.07) is 41.1. The lowest BCUT2D eigenvalue weighted by Crippen LogP contribution is -2.41. The maximum atomic E-state index is 12.5. The molecule has 15 nitrogen and oxygen atoms in total. The van der Waals surface area contributed by atoms with E-state index in [1.807, 2.05) is 91.9 Å². The van der Waals surface area contributed by atoms with Gasteiger partial charge in [-0.3, -0.25) is 14.4 Å². The van der Waals surface area contributed by atoms with Crippen molar-refractivity contribution in [3.63, 3.8) is 0 Å². The maximum Gasteiger partial charge on any atom is 0.338 e. The number of aromatic hydroxyl groups is 1. The van der Waals surface area contributed by atoms with Crippen LogP contribution >= 0.6 is 11.8 Å². The fourth-order valence-electron chi connectivity index (χ4n) is 6.75. The first-order valence-electron chi connectivity index (χ1n) is 21.3. The van der Waals surface area contributed by atoms with Crippen LogP contribution in [0, 0.1) is 24.4 Å². The van der Waals surface area contributed by atoms with Gasteiger partial charge in [0.15, 0.2) is 17.5 Å². The molecule has 1 saturated heterocycles. The van der Waals surface area contributed by atoms with E-state index in [4.69, 9.17) is 24.8 Å². The molecular weight excluding hydrogens is 964 g/mol. The maximum absolute atomic E-state index is 12.5. The number of aromatic carboxylic acids is 2. The van der Waals surface area contributed by atoms with Gasteiger partial charge in [0, 0.05) is 30.2 Å². The van der Waals surface area contributed by atoms with Crippen LogP contribution in [0.3, 0.4) is 0 Å². The summed E-state index contributed by atoms with van der Waals surface area (Å²) in [5, 5.41) is 53.3. The van der Waals surface area contributed by atoms with Crippen LogP contribution in [0.2, 0.25) is 0 Å². The van der Waals surface area contributed by atoms with Crippen molar-refractivity contribution >= 4 is 58.5 Å². The molecule has 6 N–H and O–H groups in total. The number of benzene rings is 6. The Labute approximate surface area is 413 Å². The lowest BCUT2D eigenvalue weighted by molar-refractivity contribution is -0.148. The molecule has 19 heteroatoms. The molecule has 2 heterocycles. The number of phenolic OH excluding ortho intramolecular Hbond substituents is 1. The zero-order valence-corrected chi connectivity index (χ0v) is 39.0. The molecule has 0 saturated carbocycles. The minimum atomic E-state index is -1.77. The highest BCUT2D eigenvalue weighted by molar-refractivity contribution is 7.99. The van der Waals surface area contributed by atoms with Crippen LogP contribution in [0.25, 0.3) is 11.0 Å². The predicted octanol–water partition coefficient (Wildman–Crippen LogP) is 9.45. The zero-order valence-electron chi connectivity index (χ0n) is 38.2. The number of aryl methyl sites for hydroxylation is 1. The number of phenols is 1. The first-order valence-corrected chi connectivity index (χ1v) is 22.4. The van der Waals surface area contributed by atoms with Crippen LogP contribution in [0.4, 0.5) is 13.2 Å². The Hall–Kier alpha value is -8.71. The van der Waals surface area contributed by atoms with Gasteiger partial charge in [-0.1, -0.05) is 109 Å². The molecule has 3 atom stereocenters. The lowest BCUT2D eigenvalue weighted by atomic mass is 9.91. The number of carboxylic acid groups (broad SMARTS) is 5. The molecule has 0 bridgehead atoms. The van der Waals surface area contributed by atoms with Crippen molar-refractivity contribution in [2.45, 2.75) is 44.0 Å². The molecular formula is C53H46F3NO14S. The van der Waals surface area contributed by atoms with Gasteiger partial charge in [-0.2, -0.15) is 0 Å². The van der Waals surface area contributed by atoms with E-state index in [9.17, 15) is 56.9 Å². The Balaban J connectivity index is 0.000000199. The molecule has 72 heavy (non-hydrogen) atoms. The number of carboxylic acids is 5. The number of nitrogens with zero attached hydrogens (tertiary/aromatic N) is 1. The zero-order chi connectivity index (χ0) is 53.1. The topological polar surface area (TPSA) is 257 Å². The second-order valence-electron chi connectivity index (χ2n) is 15.4. The Kier molecular flexibility index (Phi) is 20.9. The van der Waals surface area contributed by atoms with E-state index in [0.717, 1.165) is 28.3 Å². The largest absolute Gasteiger partial charge is 0.508 e. The van der Waals surface area contributed by atoms with Crippen LogP contribution in [-0.2, 0) is 32.0 Å². The summed E-state index contributed by atoms with van der Waals surface area (Å²) in [7, 11) is 0. The van der Waals surface area contributed by atoms with Gasteiger partial charge < -0.3 is 40.0 Å². The second-order valence-corrected chi connectivity index (χ2v) is 16.5. The molecule has 7 aromatic rings. The number of hydrogen-bond donors (Lipinski definition) is 6. The van der Waals surface area contributed by atoms with Crippen molar-refractivity contribution < 1.29 is 77.0 Å². The van der Waals surface area contributed by atoms with E-state index in [-0.39, 0.29) is 29.0 Å². The van der Waals surface area contributed by atoms with Crippen molar-refractivity contribution in [2.24, 2.45) is 0 Å². The van der Waals surface area contributed by atoms with Gasteiger partial charge in [-0.05, 0) is 72.0 Å². The third kappa shape index (κ3) is 16.5. The molecule has 8 rings (SSSR count). The fourth-order valence-corrected chi connectivity index (χ4v) is 8.22. The normalized spacial score (nSPS) is 13.7. The van der Waals surface area contributed by atoms with E-state index in [1.165, 1.54) is 41.8 Å². The molecule has 1 aromatic heterocycles. The summed E-state index contributed by atoms with van der Waals surface area (Å²) in [5.74, 6) is -10.4. The van der Waals surface area contributed by atoms with Gasteiger partial charge in [0.25, 0.3) is 0 Å². The SMILES string of the molecule is CC(=O)N1C(C(=O)O)CSC1c1ccccc1.Cc1ccc(C(Cc2ccccc2)C(=O)O)cc1.O=C(O)Cc1cc(=O)oc2cc(O)ccc12.O=C(O)c1ccc(F)c(F)c1F.O=C(O)c1ccccc1. The van der Waals surface area contributed by atoms with Gasteiger partial charge in [0.2, 0.25) is 5.91 Å². The Morgan fingerprint density at radius 2 is 1.29 bits per heavy atom. The quantitative estimate of drug-likeness (QED) is 0.0551. The number of amides is 1. The minimum absolute atomic E-state index is 0.0388. The highest BCUT2D eigenvalue weighted by atomic mass is 32.2. The van der Waals surface area contributed by atoms with E-state index in [2.05, 4.69) is 0 Å². The second kappa shape index (κ2) is 26.9. The molecule has 0 radical (unpaired) electrons. The van der Waals surface area contributed by atoms with Crippen molar-refractivity contribution in [2.75, 3.05) is 5.75 Å². The van der Waals surface area contributed by atoms with Gasteiger partial charge in [0.05, 0.1) is 23.5 Å². The Bertz CT molecular complexity index is 3050. The van der Waals surface area contributed by atoms with Crippen molar-refractivity contribution in [1.29, 1.82) is 0 Å². The average molecular weight is 1010 g/mol. The number of halogens is 3. The highest BCUT2D eigenvalue weighted by Gasteiger charge is 2.40. The predicted molar refractivity (Wildman–Crippen MR) is 259 cm³/mol. The number of carbonyl (C=O) groups is 6. The monoisotopic (exact) mass is 1010 g/mol. The van der Waals surface area contributed by atoms with Gasteiger partial charge in [-0.25, -0.2) is 32.3 Å².